The van der Waals surface area contributed by atoms with Crippen molar-refractivity contribution < 1.29 is 13.7 Å². The van der Waals surface area contributed by atoms with E-state index in [-0.39, 0.29) is 6.04 Å². The molecule has 1 saturated heterocycles. The number of hydrogen-bond acceptors (Lipinski definition) is 9. The molecule has 4 aromatic rings. The number of carbonyl (C=O) groups excluding carboxylic acids is 1. The van der Waals surface area contributed by atoms with Gasteiger partial charge < -0.3 is 30.2 Å². The molecular formula is C30H35N7O3. The van der Waals surface area contributed by atoms with Crippen molar-refractivity contribution in [3.63, 3.8) is 0 Å². The molecule has 0 bridgehead atoms. The van der Waals surface area contributed by atoms with Crippen LogP contribution in [-0.2, 0) is 0 Å². The third kappa shape index (κ3) is 5.86. The van der Waals surface area contributed by atoms with Crippen molar-refractivity contribution in [3.8, 4) is 22.8 Å². The Morgan fingerprint density at radius 3 is 2.62 bits per heavy atom. The van der Waals surface area contributed by atoms with E-state index in [0.29, 0.717) is 41.1 Å². The van der Waals surface area contributed by atoms with Gasteiger partial charge in [0.2, 0.25) is 5.91 Å². The number of primary amides is 1. The Labute approximate surface area is 233 Å². The summed E-state index contributed by atoms with van der Waals surface area (Å²) in [5, 5.41) is 11.4. The maximum absolute atomic E-state index is 11.6. The molecule has 0 spiro atoms. The molecule has 40 heavy (non-hydrogen) atoms. The van der Waals surface area contributed by atoms with Crippen LogP contribution in [-0.4, -0.2) is 52.2 Å². The number of nitrogens with zero attached hydrogens (tertiary/aromatic N) is 4. The van der Waals surface area contributed by atoms with Crippen LogP contribution in [0.3, 0.4) is 0 Å². The summed E-state index contributed by atoms with van der Waals surface area (Å²) in [5.41, 5.74) is 8.79. The Hall–Kier alpha value is -4.18. The fourth-order valence-electron chi connectivity index (χ4n) is 5.84. The summed E-state index contributed by atoms with van der Waals surface area (Å²) in [4.78, 5) is 22.8. The summed E-state index contributed by atoms with van der Waals surface area (Å²) in [5.74, 6) is 1.33. The number of oxazole rings is 1. The topological polar surface area (TPSA) is 135 Å². The minimum absolute atomic E-state index is 0.227. The van der Waals surface area contributed by atoms with E-state index < -0.39 is 5.91 Å². The van der Waals surface area contributed by atoms with Crippen LogP contribution in [0.1, 0.15) is 54.7 Å². The summed E-state index contributed by atoms with van der Waals surface area (Å²) in [6.45, 7) is 3.82. The minimum Gasteiger partial charge on any atom is -0.424 e. The largest absolute Gasteiger partial charge is 0.424 e. The minimum atomic E-state index is -0.465. The summed E-state index contributed by atoms with van der Waals surface area (Å²) in [6, 6.07) is 16.9. The highest BCUT2D eigenvalue weighted by Crippen LogP contribution is 2.29. The summed E-state index contributed by atoms with van der Waals surface area (Å²) >= 11 is 0. The predicted molar refractivity (Wildman–Crippen MR) is 153 cm³/mol. The molecule has 10 heteroatoms. The average Bonchev–Trinajstić information content (AvgIpc) is 3.64. The Morgan fingerprint density at radius 2 is 1.85 bits per heavy atom. The highest BCUT2D eigenvalue weighted by atomic mass is 16.5. The molecule has 2 aromatic carbocycles. The Morgan fingerprint density at radius 1 is 1.02 bits per heavy atom. The molecule has 1 amide bonds. The van der Waals surface area contributed by atoms with Crippen LogP contribution in [0.25, 0.3) is 22.8 Å². The van der Waals surface area contributed by atoms with Crippen molar-refractivity contribution in [2.75, 3.05) is 23.3 Å². The molecule has 0 radical (unpaired) electrons. The van der Waals surface area contributed by atoms with Crippen LogP contribution in [0.4, 0.5) is 11.7 Å². The van der Waals surface area contributed by atoms with Gasteiger partial charge in [-0.2, -0.15) is 4.98 Å². The zero-order chi connectivity index (χ0) is 27.5. The van der Waals surface area contributed by atoms with Crippen molar-refractivity contribution in [1.82, 2.24) is 20.4 Å². The lowest BCUT2D eigenvalue weighted by Gasteiger charge is -2.40. The first-order valence-corrected chi connectivity index (χ1v) is 14.1. The predicted octanol–water partition coefficient (Wildman–Crippen LogP) is 4.78. The molecule has 1 aliphatic carbocycles. The number of piperidine rings is 1. The van der Waals surface area contributed by atoms with Crippen LogP contribution in [0.15, 0.2) is 63.7 Å². The number of rotatable bonds is 8. The zero-order valence-electron chi connectivity index (χ0n) is 22.7. The lowest BCUT2D eigenvalue weighted by atomic mass is 9.89. The molecule has 2 aromatic heterocycles. The van der Waals surface area contributed by atoms with Crippen molar-refractivity contribution in [2.45, 2.75) is 63.6 Å². The van der Waals surface area contributed by atoms with E-state index in [9.17, 15) is 4.79 Å². The Balaban J connectivity index is 1.08. The SMILES string of the molecule is Cc1noc(-c2ccc(N3CCCC(N[C@@H]4CCCCC4Nc4ncc(-c5cccc(C(N)=O)c5)o4)C3)cc2)n1. The van der Waals surface area contributed by atoms with Crippen molar-refractivity contribution in [2.24, 2.45) is 5.73 Å². The summed E-state index contributed by atoms with van der Waals surface area (Å²) in [6.07, 6.45) is 8.53. The summed E-state index contributed by atoms with van der Waals surface area (Å²) < 4.78 is 11.3. The fraction of sp³-hybridized carbons (Fsp3) is 0.400. The third-order valence-electron chi connectivity index (χ3n) is 7.89. The van der Waals surface area contributed by atoms with E-state index in [1.165, 1.54) is 18.5 Å². The normalized spacial score (nSPS) is 21.3. The van der Waals surface area contributed by atoms with Crippen molar-refractivity contribution in [1.29, 1.82) is 0 Å². The van der Waals surface area contributed by atoms with Gasteiger partial charge in [0.25, 0.3) is 11.9 Å². The van der Waals surface area contributed by atoms with Crippen LogP contribution in [0, 0.1) is 6.92 Å². The van der Waals surface area contributed by atoms with Gasteiger partial charge >= 0.3 is 0 Å². The maximum Gasteiger partial charge on any atom is 0.295 e. The first kappa shape index (κ1) is 26.1. The van der Waals surface area contributed by atoms with Gasteiger partial charge in [-0.1, -0.05) is 30.1 Å². The molecule has 1 saturated carbocycles. The van der Waals surface area contributed by atoms with Gasteiger partial charge in [0.15, 0.2) is 11.6 Å². The fourth-order valence-corrected chi connectivity index (χ4v) is 5.84. The molecular weight excluding hydrogens is 506 g/mol. The number of nitrogens with two attached hydrogens (primary N) is 1. The van der Waals surface area contributed by atoms with E-state index in [0.717, 1.165) is 49.9 Å². The molecule has 2 fully saturated rings. The van der Waals surface area contributed by atoms with Gasteiger partial charge in [0, 0.05) is 53.6 Å². The van der Waals surface area contributed by atoms with Crippen molar-refractivity contribution in [3.05, 3.63) is 66.1 Å². The highest BCUT2D eigenvalue weighted by Gasteiger charge is 2.30. The van der Waals surface area contributed by atoms with Gasteiger partial charge in [0.1, 0.15) is 0 Å². The zero-order valence-corrected chi connectivity index (χ0v) is 22.7. The second kappa shape index (κ2) is 11.5. The van der Waals surface area contributed by atoms with E-state index in [1.54, 1.807) is 24.4 Å². The van der Waals surface area contributed by atoms with Crippen LogP contribution in [0.2, 0.25) is 0 Å². The number of nitrogens with one attached hydrogen (secondary N) is 2. The van der Waals surface area contributed by atoms with E-state index in [4.69, 9.17) is 14.7 Å². The first-order chi connectivity index (χ1) is 19.5. The smallest absolute Gasteiger partial charge is 0.295 e. The number of aromatic nitrogens is 3. The quantitative estimate of drug-likeness (QED) is 0.288. The van der Waals surface area contributed by atoms with E-state index >= 15 is 0 Å². The highest BCUT2D eigenvalue weighted by molar-refractivity contribution is 5.93. The standard InChI is InChI=1S/C30H35N7O3/c1-19-33-29(40-36-19)20-11-13-24(14-12-20)37-15-5-8-23(18-37)34-25-9-2-3-10-26(25)35-30-32-17-27(39-30)21-6-4-7-22(16-21)28(31)38/h4,6-7,11-14,16-17,23,25-26,34H,2-3,5,8-10,15,18H2,1H3,(H2,31,38)(H,32,35)/t23?,25-,26?/m1/s1. The number of carbonyl (C=O) groups is 1. The number of benzene rings is 2. The molecule has 6 rings (SSSR count). The van der Waals surface area contributed by atoms with Gasteiger partial charge in [-0.15, -0.1) is 0 Å². The van der Waals surface area contributed by atoms with Gasteiger partial charge in [-0.3, -0.25) is 4.79 Å². The average molecular weight is 542 g/mol. The third-order valence-corrected chi connectivity index (χ3v) is 7.89. The lowest BCUT2D eigenvalue weighted by Crippen LogP contribution is -2.54. The number of anilines is 2. The van der Waals surface area contributed by atoms with Crippen molar-refractivity contribution >= 4 is 17.6 Å². The molecule has 2 aliphatic rings. The monoisotopic (exact) mass is 541 g/mol. The van der Waals surface area contributed by atoms with Gasteiger partial charge in [0.05, 0.1) is 6.20 Å². The number of amides is 1. The molecule has 208 valence electrons. The van der Waals surface area contributed by atoms with Crippen LogP contribution in [0.5, 0.6) is 0 Å². The second-order valence-corrected chi connectivity index (χ2v) is 10.8. The molecule has 2 unspecified atom stereocenters. The number of hydrogen-bond donors (Lipinski definition) is 3. The number of aryl methyl sites for hydroxylation is 1. The Kier molecular flexibility index (Phi) is 7.50. The first-order valence-electron chi connectivity index (χ1n) is 14.1. The second-order valence-electron chi connectivity index (χ2n) is 10.8. The molecule has 3 atom stereocenters. The van der Waals surface area contributed by atoms with Gasteiger partial charge in [-0.25, -0.2) is 4.98 Å². The molecule has 1 aliphatic heterocycles. The van der Waals surface area contributed by atoms with Gasteiger partial charge in [-0.05, 0) is 69.0 Å². The summed E-state index contributed by atoms with van der Waals surface area (Å²) in [7, 11) is 0. The lowest BCUT2D eigenvalue weighted by molar-refractivity contribution is 0.100. The molecule has 3 heterocycles. The van der Waals surface area contributed by atoms with Crippen LogP contribution < -0.4 is 21.3 Å². The Bertz CT molecular complexity index is 1450. The molecule has 4 N–H and O–H groups in total. The molecule has 10 nitrogen and oxygen atoms in total. The van der Waals surface area contributed by atoms with E-state index in [1.807, 2.05) is 13.0 Å². The van der Waals surface area contributed by atoms with E-state index in [2.05, 4.69) is 54.9 Å². The van der Waals surface area contributed by atoms with Crippen LogP contribution >= 0.6 is 0 Å². The maximum atomic E-state index is 11.6.